The van der Waals surface area contributed by atoms with E-state index in [1.54, 1.807) is 49.1 Å². The molecular weight excluding hydrogens is 488 g/mol. The predicted molar refractivity (Wildman–Crippen MR) is 158 cm³/mol. The van der Waals surface area contributed by atoms with Gasteiger partial charge in [-0.25, -0.2) is 4.98 Å². The van der Waals surface area contributed by atoms with Gasteiger partial charge in [-0.1, -0.05) is 12.1 Å². The Hall–Kier alpha value is -4.17. The van der Waals surface area contributed by atoms with Crippen molar-refractivity contribution in [3.63, 3.8) is 0 Å². The molecular formula is C31H36N6O2. The molecule has 1 N–H and O–H groups in total. The molecule has 1 aliphatic rings. The normalized spacial score (nSPS) is 14.8. The minimum absolute atomic E-state index is 0.0229. The molecule has 0 fully saturated rings. The molecule has 1 aromatic carbocycles. The zero-order chi connectivity index (χ0) is 27.8. The summed E-state index contributed by atoms with van der Waals surface area (Å²) in [5.41, 5.74) is 7.92. The topological polar surface area (TPSA) is 75.4 Å². The van der Waals surface area contributed by atoms with Gasteiger partial charge in [0.05, 0.1) is 5.69 Å². The van der Waals surface area contributed by atoms with Crippen LogP contribution in [0, 0.1) is 6.92 Å². The first-order chi connectivity index (χ1) is 18.7. The summed E-state index contributed by atoms with van der Waals surface area (Å²) in [5, 5.41) is 3.98. The molecule has 0 aliphatic carbocycles. The van der Waals surface area contributed by atoms with E-state index in [1.165, 1.54) is 11.1 Å². The number of benzene rings is 1. The van der Waals surface area contributed by atoms with Crippen LogP contribution in [-0.4, -0.2) is 64.1 Å². The quantitative estimate of drug-likeness (QED) is 0.398. The molecule has 0 bridgehead atoms. The fourth-order valence-electron chi connectivity index (χ4n) is 5.55. The average Bonchev–Trinajstić information content (AvgIpc) is 3.28. The first-order valence-corrected chi connectivity index (χ1v) is 13.3. The number of pyridine rings is 2. The van der Waals surface area contributed by atoms with E-state index in [2.05, 4.69) is 51.8 Å². The molecule has 0 radical (unpaired) electrons. The number of carbonyl (C=O) groups is 1. The third-order valence-corrected chi connectivity index (χ3v) is 7.85. The van der Waals surface area contributed by atoms with Crippen LogP contribution in [0.5, 0.6) is 0 Å². The lowest BCUT2D eigenvalue weighted by atomic mass is 9.93. The molecule has 39 heavy (non-hydrogen) atoms. The van der Waals surface area contributed by atoms with E-state index in [4.69, 9.17) is 0 Å². The Morgan fingerprint density at radius 3 is 2.56 bits per heavy atom. The van der Waals surface area contributed by atoms with Crippen molar-refractivity contribution in [2.45, 2.75) is 26.3 Å². The van der Waals surface area contributed by atoms with Crippen molar-refractivity contribution in [3.05, 3.63) is 93.7 Å². The van der Waals surface area contributed by atoms with E-state index in [1.807, 2.05) is 31.3 Å². The van der Waals surface area contributed by atoms with Crippen LogP contribution in [0.4, 0.5) is 5.69 Å². The van der Waals surface area contributed by atoms with Crippen LogP contribution in [0.2, 0.25) is 0 Å². The molecule has 0 saturated heterocycles. The highest BCUT2D eigenvalue weighted by Gasteiger charge is 2.24. The molecule has 8 heteroatoms. The maximum Gasteiger partial charge on any atom is 0.257 e. The second-order valence-electron chi connectivity index (χ2n) is 10.4. The van der Waals surface area contributed by atoms with Crippen LogP contribution in [0.15, 0.2) is 65.7 Å². The Labute approximate surface area is 229 Å². The lowest BCUT2D eigenvalue weighted by Gasteiger charge is -2.32. The number of aryl methyl sites for hydroxylation is 2. The molecule has 4 aromatic rings. The van der Waals surface area contributed by atoms with Gasteiger partial charge in [0.15, 0.2) is 0 Å². The van der Waals surface area contributed by atoms with Gasteiger partial charge in [-0.3, -0.25) is 19.1 Å². The number of amides is 1. The Balaban J connectivity index is 1.40. The zero-order valence-electron chi connectivity index (χ0n) is 23.5. The van der Waals surface area contributed by atoms with Crippen LogP contribution in [0.3, 0.4) is 0 Å². The smallest absolute Gasteiger partial charge is 0.257 e. The van der Waals surface area contributed by atoms with Crippen LogP contribution >= 0.6 is 0 Å². The third-order valence-electron chi connectivity index (χ3n) is 7.85. The standard InChI is InChI=1S/C31H36N6O2/c1-20-17-23(31(39)34(4)5)7-8-25(20)22-10-14-36(15-11-22)21(2)28-19-26-27(9-13-33-30(26)35(28)6)37-16-12-24(32-3)18-29(37)38/h7-10,12-13,16-19,21,32H,11,14-15H2,1-6H3. The first-order valence-electron chi connectivity index (χ1n) is 13.3. The number of carbonyl (C=O) groups excluding carboxylic acids is 1. The number of aromatic nitrogens is 3. The fraction of sp³-hybridized carbons (Fsp3) is 0.323. The zero-order valence-corrected chi connectivity index (χ0v) is 23.5. The maximum atomic E-state index is 12.8. The second-order valence-corrected chi connectivity index (χ2v) is 10.4. The van der Waals surface area contributed by atoms with Crippen LogP contribution in [0.25, 0.3) is 22.3 Å². The third kappa shape index (κ3) is 4.88. The van der Waals surface area contributed by atoms with Crippen LogP contribution < -0.4 is 10.9 Å². The van der Waals surface area contributed by atoms with Gasteiger partial charge in [0.25, 0.3) is 11.5 Å². The highest BCUT2D eigenvalue weighted by atomic mass is 16.2. The van der Waals surface area contributed by atoms with Gasteiger partial charge in [0, 0.05) is 88.1 Å². The number of hydrogen-bond donors (Lipinski definition) is 1. The summed E-state index contributed by atoms with van der Waals surface area (Å²) in [6, 6.07) is 13.7. The second kappa shape index (κ2) is 10.5. The SMILES string of the molecule is CNc1ccn(-c2ccnc3c2cc(C(C)N2CC=C(c4ccc(C(=O)N(C)C)cc4C)CC2)n3C)c(=O)c1. The van der Waals surface area contributed by atoms with E-state index in [0.29, 0.717) is 0 Å². The van der Waals surface area contributed by atoms with Crippen molar-refractivity contribution in [3.8, 4) is 5.69 Å². The summed E-state index contributed by atoms with van der Waals surface area (Å²) < 4.78 is 3.81. The molecule has 3 aromatic heterocycles. The Morgan fingerprint density at radius 1 is 1.13 bits per heavy atom. The van der Waals surface area contributed by atoms with Gasteiger partial charge in [-0.05, 0) is 67.3 Å². The number of nitrogens with one attached hydrogen (secondary N) is 1. The van der Waals surface area contributed by atoms with Crippen molar-refractivity contribution in [1.29, 1.82) is 0 Å². The number of rotatable bonds is 6. The molecule has 1 atom stereocenters. The molecule has 0 spiro atoms. The Bertz CT molecular complexity index is 1640. The van der Waals surface area contributed by atoms with Crippen molar-refractivity contribution < 1.29 is 4.79 Å². The van der Waals surface area contributed by atoms with Crippen molar-refractivity contribution in [2.24, 2.45) is 7.05 Å². The van der Waals surface area contributed by atoms with Gasteiger partial charge in [0.2, 0.25) is 0 Å². The average molecular weight is 525 g/mol. The summed E-state index contributed by atoms with van der Waals surface area (Å²) in [6.07, 6.45) is 6.82. The van der Waals surface area contributed by atoms with Crippen LogP contribution in [0.1, 0.15) is 46.6 Å². The minimum atomic E-state index is -0.0871. The van der Waals surface area contributed by atoms with E-state index >= 15 is 0 Å². The number of hydrogen-bond acceptors (Lipinski definition) is 5. The summed E-state index contributed by atoms with van der Waals surface area (Å²) in [5.74, 6) is 0.0229. The van der Waals surface area contributed by atoms with E-state index in [-0.39, 0.29) is 17.5 Å². The summed E-state index contributed by atoms with van der Waals surface area (Å²) in [6.45, 7) is 6.07. The van der Waals surface area contributed by atoms with E-state index < -0.39 is 0 Å². The minimum Gasteiger partial charge on any atom is -0.388 e. The number of anilines is 1. The van der Waals surface area contributed by atoms with E-state index in [0.717, 1.165) is 58.7 Å². The largest absolute Gasteiger partial charge is 0.388 e. The first kappa shape index (κ1) is 26.4. The van der Waals surface area contributed by atoms with Gasteiger partial charge >= 0.3 is 0 Å². The molecule has 4 heterocycles. The molecule has 0 saturated carbocycles. The summed E-state index contributed by atoms with van der Waals surface area (Å²) in [4.78, 5) is 33.9. The Morgan fingerprint density at radius 2 is 1.92 bits per heavy atom. The molecule has 202 valence electrons. The number of fused-ring (bicyclic) bond motifs is 1. The van der Waals surface area contributed by atoms with Gasteiger partial charge < -0.3 is 14.8 Å². The predicted octanol–water partition coefficient (Wildman–Crippen LogP) is 4.63. The summed E-state index contributed by atoms with van der Waals surface area (Å²) in [7, 11) is 7.40. The highest BCUT2D eigenvalue weighted by molar-refractivity contribution is 5.94. The molecule has 1 aliphatic heterocycles. The monoisotopic (exact) mass is 524 g/mol. The van der Waals surface area contributed by atoms with Gasteiger partial charge in [-0.2, -0.15) is 0 Å². The fourth-order valence-corrected chi connectivity index (χ4v) is 5.55. The van der Waals surface area contributed by atoms with Crippen molar-refractivity contribution in [1.82, 2.24) is 23.9 Å². The summed E-state index contributed by atoms with van der Waals surface area (Å²) >= 11 is 0. The maximum absolute atomic E-state index is 12.8. The number of nitrogens with zero attached hydrogens (tertiary/aromatic N) is 5. The van der Waals surface area contributed by atoms with Crippen molar-refractivity contribution in [2.75, 3.05) is 39.5 Å². The van der Waals surface area contributed by atoms with Gasteiger partial charge in [-0.15, -0.1) is 0 Å². The highest BCUT2D eigenvalue weighted by Crippen LogP contribution is 2.33. The van der Waals surface area contributed by atoms with Crippen molar-refractivity contribution >= 4 is 28.2 Å². The molecule has 5 rings (SSSR count). The van der Waals surface area contributed by atoms with E-state index in [9.17, 15) is 9.59 Å². The molecule has 8 nitrogen and oxygen atoms in total. The molecule has 1 amide bonds. The lowest BCUT2D eigenvalue weighted by Crippen LogP contribution is -2.32. The van der Waals surface area contributed by atoms with Gasteiger partial charge in [0.1, 0.15) is 5.65 Å². The molecule has 1 unspecified atom stereocenters. The Kier molecular flexibility index (Phi) is 7.14. The van der Waals surface area contributed by atoms with Crippen LogP contribution in [-0.2, 0) is 7.05 Å². The lowest BCUT2D eigenvalue weighted by molar-refractivity contribution is 0.0827.